The fraction of sp³-hybridized carbons (Fsp3) is 0.636. The van der Waals surface area contributed by atoms with Crippen LogP contribution < -0.4 is 0 Å². The Hall–Kier alpha value is -1.32. The van der Waals surface area contributed by atoms with Gasteiger partial charge in [-0.1, -0.05) is 0 Å². The van der Waals surface area contributed by atoms with Crippen molar-refractivity contribution in [2.24, 2.45) is 0 Å². The van der Waals surface area contributed by atoms with Gasteiger partial charge in [0.15, 0.2) is 0 Å². The number of hydrogen-bond acceptors (Lipinski definition) is 2. The number of nitrogens with one attached hydrogen (secondary N) is 1. The number of fused-ring (bicyclic) bond motifs is 1. The molecule has 1 saturated carbocycles. The molecule has 0 amide bonds. The highest BCUT2D eigenvalue weighted by molar-refractivity contribution is 5.84. The van der Waals surface area contributed by atoms with E-state index in [4.69, 9.17) is 0 Å². The summed E-state index contributed by atoms with van der Waals surface area (Å²) in [7, 11) is 0. The van der Waals surface area contributed by atoms with Gasteiger partial charge in [0, 0.05) is 5.69 Å². The quantitative estimate of drug-likeness (QED) is 0.768. The van der Waals surface area contributed by atoms with Crippen LogP contribution >= 0.6 is 0 Å². The van der Waals surface area contributed by atoms with Crippen LogP contribution in [-0.4, -0.2) is 21.3 Å². The first-order chi connectivity index (χ1) is 7.24. The molecule has 0 aliphatic heterocycles. The van der Waals surface area contributed by atoms with Gasteiger partial charge in [0.25, 0.3) is 0 Å². The van der Waals surface area contributed by atoms with Gasteiger partial charge in [-0.15, -0.1) is 0 Å². The lowest BCUT2D eigenvalue weighted by atomic mass is 9.90. The van der Waals surface area contributed by atoms with E-state index >= 15 is 0 Å². The van der Waals surface area contributed by atoms with Crippen LogP contribution in [0.2, 0.25) is 0 Å². The molecule has 0 bridgehead atoms. The van der Waals surface area contributed by atoms with Gasteiger partial charge < -0.3 is 5.11 Å². The van der Waals surface area contributed by atoms with E-state index in [1.54, 1.807) is 0 Å². The van der Waals surface area contributed by atoms with Crippen LogP contribution in [-0.2, 0) is 23.1 Å². The fourth-order valence-corrected chi connectivity index (χ4v) is 2.55. The summed E-state index contributed by atoms with van der Waals surface area (Å²) in [6.45, 7) is 0. The highest BCUT2D eigenvalue weighted by Crippen LogP contribution is 2.49. The van der Waals surface area contributed by atoms with Gasteiger partial charge >= 0.3 is 5.97 Å². The standard InChI is InChI=1S/C11H14N2O2/c14-10(15)11(5-6-11)9-7-3-1-2-4-8(7)12-13-9/h1-6H2,(H,12,13)(H,14,15). The molecule has 0 unspecified atom stereocenters. The summed E-state index contributed by atoms with van der Waals surface area (Å²) < 4.78 is 0. The minimum Gasteiger partial charge on any atom is -0.481 e. The first-order valence-electron chi connectivity index (χ1n) is 5.54. The molecule has 4 heteroatoms. The van der Waals surface area contributed by atoms with Crippen LogP contribution in [0.3, 0.4) is 0 Å². The first kappa shape index (κ1) is 8.95. The molecule has 1 aromatic heterocycles. The Morgan fingerprint density at radius 3 is 2.73 bits per heavy atom. The molecule has 80 valence electrons. The lowest BCUT2D eigenvalue weighted by molar-refractivity contribution is -0.140. The van der Waals surface area contributed by atoms with Gasteiger partial charge in [0.1, 0.15) is 5.41 Å². The molecule has 0 spiro atoms. The largest absolute Gasteiger partial charge is 0.481 e. The van der Waals surface area contributed by atoms with Crippen LogP contribution in [0.15, 0.2) is 0 Å². The molecule has 4 nitrogen and oxygen atoms in total. The Balaban J connectivity index is 2.06. The van der Waals surface area contributed by atoms with E-state index in [2.05, 4.69) is 10.2 Å². The van der Waals surface area contributed by atoms with E-state index in [1.165, 1.54) is 17.7 Å². The highest BCUT2D eigenvalue weighted by Gasteiger charge is 2.55. The van der Waals surface area contributed by atoms with E-state index in [1.807, 2.05) is 0 Å². The van der Waals surface area contributed by atoms with Crippen LogP contribution in [0, 0.1) is 0 Å². The SMILES string of the molecule is O=C(O)C1(c2n[nH]c3c2CCCC3)CC1. The number of carbonyl (C=O) groups is 1. The van der Waals surface area contributed by atoms with Crippen LogP contribution in [0.5, 0.6) is 0 Å². The number of carboxylic acid groups (broad SMARTS) is 1. The molecule has 2 N–H and O–H groups in total. The second kappa shape index (κ2) is 2.84. The molecule has 15 heavy (non-hydrogen) atoms. The molecule has 0 atom stereocenters. The number of H-pyrrole nitrogens is 1. The van der Waals surface area contributed by atoms with Crippen LogP contribution in [0.1, 0.15) is 42.6 Å². The zero-order valence-corrected chi connectivity index (χ0v) is 8.55. The van der Waals surface area contributed by atoms with E-state index < -0.39 is 11.4 Å². The third kappa shape index (κ3) is 1.14. The van der Waals surface area contributed by atoms with Crippen molar-refractivity contribution in [1.29, 1.82) is 0 Å². The minimum atomic E-state index is -0.706. The predicted molar refractivity (Wildman–Crippen MR) is 53.8 cm³/mol. The number of aromatic amines is 1. The van der Waals surface area contributed by atoms with E-state index in [9.17, 15) is 9.90 Å². The molecule has 1 fully saturated rings. The average molecular weight is 206 g/mol. The van der Waals surface area contributed by atoms with Gasteiger partial charge in [-0.25, -0.2) is 0 Å². The number of rotatable bonds is 2. The van der Waals surface area contributed by atoms with Gasteiger partial charge in [0.2, 0.25) is 0 Å². The Kier molecular flexibility index (Phi) is 1.69. The van der Waals surface area contributed by atoms with Gasteiger partial charge in [0.05, 0.1) is 5.69 Å². The number of nitrogens with zero attached hydrogens (tertiary/aromatic N) is 1. The third-order valence-electron chi connectivity index (χ3n) is 3.67. The molecule has 1 heterocycles. The predicted octanol–water partition coefficient (Wildman–Crippen LogP) is 1.40. The van der Waals surface area contributed by atoms with Crippen molar-refractivity contribution in [3.63, 3.8) is 0 Å². The van der Waals surface area contributed by atoms with Crippen molar-refractivity contribution < 1.29 is 9.90 Å². The Labute approximate surface area is 87.7 Å². The van der Waals surface area contributed by atoms with Crippen LogP contribution in [0.25, 0.3) is 0 Å². The molecule has 0 radical (unpaired) electrons. The van der Waals surface area contributed by atoms with Crippen molar-refractivity contribution in [3.8, 4) is 0 Å². The lowest BCUT2D eigenvalue weighted by Crippen LogP contribution is -2.22. The summed E-state index contributed by atoms with van der Waals surface area (Å²) in [5.74, 6) is -0.706. The number of aliphatic carboxylic acids is 1. The second-order valence-corrected chi connectivity index (χ2v) is 4.62. The topological polar surface area (TPSA) is 66.0 Å². The molecule has 3 rings (SSSR count). The summed E-state index contributed by atoms with van der Waals surface area (Å²) in [4.78, 5) is 11.2. The average Bonchev–Trinajstić information content (AvgIpc) is 2.93. The summed E-state index contributed by atoms with van der Waals surface area (Å²) in [6, 6.07) is 0. The Morgan fingerprint density at radius 2 is 2.07 bits per heavy atom. The minimum absolute atomic E-state index is 0.637. The third-order valence-corrected chi connectivity index (χ3v) is 3.67. The molecular formula is C11H14N2O2. The summed E-state index contributed by atoms with van der Waals surface area (Å²) in [5, 5.41) is 16.5. The number of aromatic nitrogens is 2. The Bertz CT molecular complexity index is 418. The van der Waals surface area contributed by atoms with E-state index in [0.717, 1.165) is 37.8 Å². The molecule has 2 aliphatic carbocycles. The summed E-state index contributed by atoms with van der Waals surface area (Å²) in [6.07, 6.45) is 5.87. The van der Waals surface area contributed by atoms with Crippen molar-refractivity contribution in [1.82, 2.24) is 10.2 Å². The Morgan fingerprint density at radius 1 is 1.33 bits per heavy atom. The molecule has 0 aromatic carbocycles. The zero-order chi connectivity index (χ0) is 10.5. The number of carboxylic acids is 1. The summed E-state index contributed by atoms with van der Waals surface area (Å²) in [5.41, 5.74) is 2.55. The number of hydrogen-bond donors (Lipinski definition) is 2. The van der Waals surface area contributed by atoms with Crippen LogP contribution in [0.4, 0.5) is 0 Å². The smallest absolute Gasteiger partial charge is 0.315 e. The fourth-order valence-electron chi connectivity index (χ4n) is 2.55. The maximum atomic E-state index is 11.2. The van der Waals surface area contributed by atoms with Gasteiger partial charge in [-0.2, -0.15) is 5.10 Å². The number of aryl methyl sites for hydroxylation is 1. The molecule has 2 aliphatic rings. The lowest BCUT2D eigenvalue weighted by Gasteiger charge is -2.14. The van der Waals surface area contributed by atoms with Gasteiger partial charge in [-0.3, -0.25) is 9.89 Å². The molecule has 0 saturated heterocycles. The van der Waals surface area contributed by atoms with Crippen molar-refractivity contribution in [2.45, 2.75) is 43.9 Å². The van der Waals surface area contributed by atoms with Gasteiger partial charge in [-0.05, 0) is 44.1 Å². The zero-order valence-electron chi connectivity index (χ0n) is 8.55. The summed E-state index contributed by atoms with van der Waals surface area (Å²) >= 11 is 0. The monoisotopic (exact) mass is 206 g/mol. The normalized spacial score (nSPS) is 22.1. The molecular weight excluding hydrogens is 192 g/mol. The maximum absolute atomic E-state index is 11.2. The highest BCUT2D eigenvalue weighted by atomic mass is 16.4. The molecule has 1 aromatic rings. The first-order valence-corrected chi connectivity index (χ1v) is 5.54. The second-order valence-electron chi connectivity index (χ2n) is 4.62. The van der Waals surface area contributed by atoms with Crippen molar-refractivity contribution >= 4 is 5.97 Å². The van der Waals surface area contributed by atoms with E-state index in [-0.39, 0.29) is 0 Å². The van der Waals surface area contributed by atoms with E-state index in [0.29, 0.717) is 0 Å². The maximum Gasteiger partial charge on any atom is 0.315 e. The van der Waals surface area contributed by atoms with Crippen molar-refractivity contribution in [2.75, 3.05) is 0 Å². The van der Waals surface area contributed by atoms with Crippen molar-refractivity contribution in [3.05, 3.63) is 17.0 Å².